The number of rotatable bonds is 5. The van der Waals surface area contributed by atoms with Crippen LogP contribution >= 0.6 is 0 Å². The molecular formula is C24H22N2O5. The van der Waals surface area contributed by atoms with E-state index in [1.54, 1.807) is 42.7 Å². The van der Waals surface area contributed by atoms with Gasteiger partial charge in [-0.1, -0.05) is 12.1 Å². The number of amides is 1. The van der Waals surface area contributed by atoms with Gasteiger partial charge in [0.15, 0.2) is 0 Å². The van der Waals surface area contributed by atoms with E-state index in [4.69, 9.17) is 9.15 Å². The van der Waals surface area contributed by atoms with Crippen LogP contribution in [0.5, 0.6) is 5.75 Å². The van der Waals surface area contributed by atoms with E-state index in [-0.39, 0.29) is 17.9 Å². The van der Waals surface area contributed by atoms with E-state index >= 15 is 0 Å². The number of aliphatic hydroxyl groups is 1. The smallest absolute Gasteiger partial charge is 0.296 e. The van der Waals surface area contributed by atoms with Gasteiger partial charge in [-0.25, -0.2) is 0 Å². The van der Waals surface area contributed by atoms with Gasteiger partial charge >= 0.3 is 0 Å². The maximum absolute atomic E-state index is 13.1. The highest BCUT2D eigenvalue weighted by Crippen LogP contribution is 2.42. The summed E-state index contributed by atoms with van der Waals surface area (Å²) in [6.07, 6.45) is 4.69. The van der Waals surface area contributed by atoms with Gasteiger partial charge in [0.05, 0.1) is 37.1 Å². The summed E-state index contributed by atoms with van der Waals surface area (Å²) in [6.45, 7) is 3.83. The highest BCUT2D eigenvalue weighted by atomic mass is 16.5. The van der Waals surface area contributed by atoms with Crippen LogP contribution in [0.3, 0.4) is 0 Å². The number of pyridine rings is 1. The first kappa shape index (κ1) is 20.4. The summed E-state index contributed by atoms with van der Waals surface area (Å²) >= 11 is 0. The molecule has 1 aromatic carbocycles. The molecule has 1 fully saturated rings. The van der Waals surface area contributed by atoms with Crippen LogP contribution in [0, 0.1) is 13.8 Å². The summed E-state index contributed by atoms with van der Waals surface area (Å²) in [5.74, 6) is -0.780. The molecular weight excluding hydrogens is 396 g/mol. The Morgan fingerprint density at radius 1 is 1.23 bits per heavy atom. The maximum Gasteiger partial charge on any atom is 0.296 e. The molecule has 4 rings (SSSR count). The fourth-order valence-corrected chi connectivity index (χ4v) is 4.04. The third-order valence-electron chi connectivity index (χ3n) is 5.32. The van der Waals surface area contributed by atoms with Crippen LogP contribution in [0.1, 0.15) is 34.1 Å². The van der Waals surface area contributed by atoms with E-state index in [0.717, 1.165) is 11.1 Å². The van der Waals surface area contributed by atoms with Crippen molar-refractivity contribution in [2.24, 2.45) is 0 Å². The van der Waals surface area contributed by atoms with Crippen molar-refractivity contribution in [1.29, 1.82) is 0 Å². The Balaban J connectivity index is 1.93. The van der Waals surface area contributed by atoms with E-state index in [9.17, 15) is 14.7 Å². The number of hydrogen-bond acceptors (Lipinski definition) is 6. The molecule has 2 aromatic heterocycles. The molecule has 1 N–H and O–H groups in total. The highest BCUT2D eigenvalue weighted by Gasteiger charge is 2.46. The van der Waals surface area contributed by atoms with Crippen molar-refractivity contribution in [1.82, 2.24) is 9.88 Å². The van der Waals surface area contributed by atoms with Crippen molar-refractivity contribution in [2.45, 2.75) is 26.4 Å². The first-order chi connectivity index (χ1) is 14.9. The number of methoxy groups -OCH3 is 1. The molecule has 1 unspecified atom stereocenters. The Bertz CT molecular complexity index is 1170. The topological polar surface area (TPSA) is 92.9 Å². The molecule has 1 saturated heterocycles. The SMILES string of the molecule is COc1c(C)cc(C)cc1/C(O)=C1\C(=O)C(=O)N(Cc2ccco2)C1c1cccnc1. The van der Waals surface area contributed by atoms with Crippen molar-refractivity contribution in [3.05, 3.63) is 88.6 Å². The van der Waals surface area contributed by atoms with E-state index in [0.29, 0.717) is 22.6 Å². The molecule has 1 aliphatic rings. The summed E-state index contributed by atoms with van der Waals surface area (Å²) in [6, 6.07) is 9.78. The van der Waals surface area contributed by atoms with E-state index in [2.05, 4.69) is 4.98 Å². The molecule has 0 saturated carbocycles. The van der Waals surface area contributed by atoms with Crippen LogP contribution in [0.2, 0.25) is 0 Å². The number of carbonyl (C=O) groups excluding carboxylic acids is 2. The van der Waals surface area contributed by atoms with Gasteiger partial charge in [-0.3, -0.25) is 14.6 Å². The Morgan fingerprint density at radius 3 is 2.68 bits per heavy atom. The predicted octanol–water partition coefficient (Wildman–Crippen LogP) is 3.92. The van der Waals surface area contributed by atoms with E-state index in [1.165, 1.54) is 18.3 Å². The van der Waals surface area contributed by atoms with Gasteiger partial charge in [-0.15, -0.1) is 0 Å². The van der Waals surface area contributed by atoms with Gasteiger partial charge in [0.2, 0.25) is 0 Å². The quantitative estimate of drug-likeness (QED) is 0.384. The van der Waals surface area contributed by atoms with Crippen LogP contribution in [0.4, 0.5) is 0 Å². The molecule has 3 heterocycles. The maximum atomic E-state index is 13.1. The second-order valence-corrected chi connectivity index (χ2v) is 7.46. The number of ketones is 1. The average molecular weight is 418 g/mol. The monoisotopic (exact) mass is 418 g/mol. The first-order valence-corrected chi connectivity index (χ1v) is 9.78. The first-order valence-electron chi connectivity index (χ1n) is 9.78. The van der Waals surface area contributed by atoms with Crippen molar-refractivity contribution in [2.75, 3.05) is 7.11 Å². The zero-order valence-electron chi connectivity index (χ0n) is 17.5. The van der Waals surface area contributed by atoms with Gasteiger partial charge in [0, 0.05) is 12.4 Å². The molecule has 1 atom stereocenters. The Labute approximate surface area is 179 Å². The van der Waals surface area contributed by atoms with Crippen molar-refractivity contribution in [3.8, 4) is 5.75 Å². The Hall–Kier alpha value is -3.87. The normalized spacial score (nSPS) is 17.9. The summed E-state index contributed by atoms with van der Waals surface area (Å²) in [5.41, 5.74) is 2.67. The number of carbonyl (C=O) groups is 2. The second kappa shape index (κ2) is 8.10. The van der Waals surface area contributed by atoms with E-state index < -0.39 is 17.7 Å². The molecule has 31 heavy (non-hydrogen) atoms. The lowest BCUT2D eigenvalue weighted by Gasteiger charge is -2.24. The molecule has 0 bridgehead atoms. The Morgan fingerprint density at radius 2 is 2.03 bits per heavy atom. The van der Waals surface area contributed by atoms with Crippen LogP contribution in [0.15, 0.2) is 65.0 Å². The lowest BCUT2D eigenvalue weighted by molar-refractivity contribution is -0.140. The molecule has 7 heteroatoms. The summed E-state index contributed by atoms with van der Waals surface area (Å²) in [5, 5.41) is 11.3. The van der Waals surface area contributed by atoms with E-state index in [1.807, 2.05) is 19.9 Å². The molecule has 158 valence electrons. The van der Waals surface area contributed by atoms with Crippen LogP contribution in [-0.2, 0) is 16.1 Å². The summed E-state index contributed by atoms with van der Waals surface area (Å²) < 4.78 is 10.9. The fourth-order valence-electron chi connectivity index (χ4n) is 4.04. The third-order valence-corrected chi connectivity index (χ3v) is 5.32. The van der Waals surface area contributed by atoms with Crippen LogP contribution < -0.4 is 4.74 Å². The largest absolute Gasteiger partial charge is 0.507 e. The number of benzene rings is 1. The molecule has 1 aliphatic heterocycles. The second-order valence-electron chi connectivity index (χ2n) is 7.46. The molecule has 0 aliphatic carbocycles. The highest BCUT2D eigenvalue weighted by molar-refractivity contribution is 6.46. The summed E-state index contributed by atoms with van der Waals surface area (Å²) in [4.78, 5) is 31.6. The lowest BCUT2D eigenvalue weighted by Crippen LogP contribution is -2.29. The lowest BCUT2D eigenvalue weighted by atomic mass is 9.94. The zero-order chi connectivity index (χ0) is 22.1. The van der Waals surface area contributed by atoms with Crippen molar-refractivity contribution >= 4 is 17.4 Å². The minimum Gasteiger partial charge on any atom is -0.507 e. The van der Waals surface area contributed by atoms with Gasteiger partial charge in [0.25, 0.3) is 11.7 Å². The zero-order valence-corrected chi connectivity index (χ0v) is 17.5. The Kier molecular flexibility index (Phi) is 5.33. The molecule has 0 spiro atoms. The van der Waals surface area contributed by atoms with Gasteiger partial charge in [0.1, 0.15) is 17.3 Å². The minimum atomic E-state index is -0.815. The number of furan rings is 1. The number of aromatic nitrogens is 1. The average Bonchev–Trinajstić information content (AvgIpc) is 3.36. The molecule has 7 nitrogen and oxygen atoms in total. The van der Waals surface area contributed by atoms with Crippen LogP contribution in [0.25, 0.3) is 5.76 Å². The molecule has 0 radical (unpaired) electrons. The van der Waals surface area contributed by atoms with Gasteiger partial charge in [-0.05, 0) is 54.8 Å². The fraction of sp³-hybridized carbons (Fsp3) is 0.208. The van der Waals surface area contributed by atoms with Crippen molar-refractivity contribution in [3.63, 3.8) is 0 Å². The third kappa shape index (κ3) is 3.59. The number of nitrogens with zero attached hydrogens (tertiary/aromatic N) is 2. The number of hydrogen-bond donors (Lipinski definition) is 1. The number of ether oxygens (including phenoxy) is 1. The number of Topliss-reactive ketones (excluding diaryl/α,β-unsaturated/α-hetero) is 1. The molecule has 3 aromatic rings. The van der Waals surface area contributed by atoms with Gasteiger partial charge in [-0.2, -0.15) is 0 Å². The number of aryl methyl sites for hydroxylation is 2. The predicted molar refractivity (Wildman–Crippen MR) is 113 cm³/mol. The van der Waals surface area contributed by atoms with Crippen molar-refractivity contribution < 1.29 is 23.8 Å². The minimum absolute atomic E-state index is 0.00661. The molecule has 1 amide bonds. The van der Waals surface area contributed by atoms with Crippen LogP contribution in [-0.4, -0.2) is 33.8 Å². The van der Waals surface area contributed by atoms with Gasteiger partial charge < -0.3 is 19.2 Å². The number of aliphatic hydroxyl groups excluding tert-OH is 1. The number of likely N-dealkylation sites (tertiary alicyclic amines) is 1. The standard InChI is InChI=1S/C24H22N2O5/c1-14-10-15(2)23(30-3)18(11-14)21(27)19-20(16-6-4-8-25-12-16)26(24(29)22(19)28)13-17-7-5-9-31-17/h4-12,20,27H,13H2,1-3H3/b21-19+. The summed E-state index contributed by atoms with van der Waals surface area (Å²) in [7, 11) is 1.50.